The second-order valence-corrected chi connectivity index (χ2v) is 5.38. The number of unbranched alkanes of at least 4 members (excludes halogenated alkanes) is 1. The molecule has 0 aliphatic heterocycles. The van der Waals surface area contributed by atoms with Crippen LogP contribution in [0.3, 0.4) is 0 Å². The fraction of sp³-hybridized carbons (Fsp3) is 0.600. The minimum absolute atomic E-state index is 0.530. The summed E-state index contributed by atoms with van der Waals surface area (Å²) >= 11 is 6.09. The van der Waals surface area contributed by atoms with Crippen LogP contribution in [-0.2, 0) is 0 Å². The molecule has 1 N–H and O–H groups in total. The summed E-state index contributed by atoms with van der Waals surface area (Å²) in [6.45, 7) is 4.46. The number of anilines is 2. The Morgan fingerprint density at radius 3 is 2.56 bits per heavy atom. The van der Waals surface area contributed by atoms with Gasteiger partial charge in [-0.3, -0.25) is 0 Å². The third-order valence-electron chi connectivity index (χ3n) is 3.20. The van der Waals surface area contributed by atoms with Gasteiger partial charge in [-0.05, 0) is 31.0 Å². The quantitative estimate of drug-likeness (QED) is 0.765. The summed E-state index contributed by atoms with van der Waals surface area (Å²) in [6, 6.07) is 6.56. The predicted octanol–water partition coefficient (Wildman–Crippen LogP) is 4.79. The predicted molar refractivity (Wildman–Crippen MR) is 83.0 cm³/mol. The van der Waals surface area contributed by atoms with E-state index in [4.69, 9.17) is 11.6 Å². The zero-order chi connectivity index (χ0) is 13.5. The lowest BCUT2D eigenvalue weighted by atomic mass is 10.1. The minimum Gasteiger partial charge on any atom is -0.381 e. The fourth-order valence-electron chi connectivity index (χ4n) is 2.06. The van der Waals surface area contributed by atoms with E-state index < -0.39 is 0 Å². The molecule has 1 rings (SSSR count). The van der Waals surface area contributed by atoms with Crippen molar-refractivity contribution in [1.82, 2.24) is 0 Å². The Balaban J connectivity index is 2.83. The summed E-state index contributed by atoms with van der Waals surface area (Å²) in [7, 11) is 4.11. The molecule has 0 aliphatic rings. The topological polar surface area (TPSA) is 15.3 Å². The fourth-order valence-corrected chi connectivity index (χ4v) is 2.23. The molecule has 0 radical (unpaired) electrons. The molecular weight excluding hydrogens is 244 g/mol. The molecule has 0 saturated carbocycles. The number of hydrogen-bond acceptors (Lipinski definition) is 2. The molecule has 0 bridgehead atoms. The van der Waals surface area contributed by atoms with Crippen LogP contribution in [0.1, 0.15) is 39.5 Å². The average molecular weight is 269 g/mol. The zero-order valence-corrected chi connectivity index (χ0v) is 12.7. The van der Waals surface area contributed by atoms with Gasteiger partial charge in [-0.2, -0.15) is 0 Å². The van der Waals surface area contributed by atoms with Crippen LogP contribution in [0.4, 0.5) is 11.4 Å². The lowest BCUT2D eigenvalue weighted by molar-refractivity contribution is 0.593. The van der Waals surface area contributed by atoms with Crippen molar-refractivity contribution >= 4 is 23.0 Å². The minimum atomic E-state index is 0.530. The molecule has 1 atom stereocenters. The second-order valence-electron chi connectivity index (χ2n) is 4.95. The zero-order valence-electron chi connectivity index (χ0n) is 12.0. The summed E-state index contributed by atoms with van der Waals surface area (Å²) in [6.07, 6.45) is 4.86. The summed E-state index contributed by atoms with van der Waals surface area (Å²) in [5.41, 5.74) is 2.32. The Morgan fingerprint density at radius 1 is 1.28 bits per heavy atom. The van der Waals surface area contributed by atoms with Crippen LogP contribution in [0, 0.1) is 0 Å². The highest BCUT2D eigenvalue weighted by Gasteiger charge is 2.10. The maximum absolute atomic E-state index is 6.09. The van der Waals surface area contributed by atoms with Gasteiger partial charge in [0.1, 0.15) is 0 Å². The van der Waals surface area contributed by atoms with Crippen LogP contribution >= 0.6 is 11.6 Å². The highest BCUT2D eigenvalue weighted by atomic mass is 35.5. The Morgan fingerprint density at radius 2 is 2.00 bits per heavy atom. The molecule has 1 aromatic rings. The lowest BCUT2D eigenvalue weighted by Gasteiger charge is -2.23. The summed E-state index contributed by atoms with van der Waals surface area (Å²) < 4.78 is 0. The SMILES string of the molecule is CCCCC(CC)Nc1cc(Cl)ccc1N(C)C. The number of hydrogen-bond donors (Lipinski definition) is 1. The van der Waals surface area contributed by atoms with Gasteiger partial charge >= 0.3 is 0 Å². The number of benzene rings is 1. The molecule has 1 aromatic carbocycles. The summed E-state index contributed by atoms with van der Waals surface area (Å²) in [5.74, 6) is 0. The number of nitrogens with one attached hydrogen (secondary N) is 1. The van der Waals surface area contributed by atoms with Gasteiger partial charge in [0.25, 0.3) is 0 Å². The van der Waals surface area contributed by atoms with Gasteiger partial charge in [0.05, 0.1) is 11.4 Å². The second kappa shape index (κ2) is 7.52. The van der Waals surface area contributed by atoms with Gasteiger partial charge in [0.15, 0.2) is 0 Å². The van der Waals surface area contributed by atoms with E-state index in [0.29, 0.717) is 6.04 Å². The van der Waals surface area contributed by atoms with Crippen LogP contribution in [0.5, 0.6) is 0 Å². The van der Waals surface area contributed by atoms with Crippen molar-refractivity contribution in [1.29, 1.82) is 0 Å². The highest BCUT2D eigenvalue weighted by molar-refractivity contribution is 6.31. The van der Waals surface area contributed by atoms with Crippen molar-refractivity contribution in [2.45, 2.75) is 45.6 Å². The summed E-state index contributed by atoms with van der Waals surface area (Å²) in [4.78, 5) is 2.12. The van der Waals surface area contributed by atoms with Crippen LogP contribution < -0.4 is 10.2 Å². The molecule has 0 saturated heterocycles. The average Bonchev–Trinajstić information content (AvgIpc) is 2.34. The van der Waals surface area contributed by atoms with E-state index in [2.05, 4.69) is 44.2 Å². The van der Waals surface area contributed by atoms with E-state index in [1.54, 1.807) is 0 Å². The monoisotopic (exact) mass is 268 g/mol. The summed E-state index contributed by atoms with van der Waals surface area (Å²) in [5, 5.41) is 4.41. The smallest absolute Gasteiger partial charge is 0.0597 e. The van der Waals surface area contributed by atoms with Gasteiger partial charge < -0.3 is 10.2 Å². The van der Waals surface area contributed by atoms with Gasteiger partial charge in [0.2, 0.25) is 0 Å². The van der Waals surface area contributed by atoms with Crippen LogP contribution in [-0.4, -0.2) is 20.1 Å². The van der Waals surface area contributed by atoms with E-state index >= 15 is 0 Å². The first-order valence-electron chi connectivity index (χ1n) is 6.81. The molecular formula is C15H25ClN2. The molecule has 3 heteroatoms. The van der Waals surface area contributed by atoms with Crippen molar-refractivity contribution in [3.05, 3.63) is 23.2 Å². The van der Waals surface area contributed by atoms with Gasteiger partial charge in [-0.15, -0.1) is 0 Å². The number of nitrogens with zero attached hydrogens (tertiary/aromatic N) is 1. The molecule has 0 heterocycles. The van der Waals surface area contributed by atoms with Crippen LogP contribution in [0.15, 0.2) is 18.2 Å². The third-order valence-corrected chi connectivity index (χ3v) is 3.43. The Labute approximate surface area is 116 Å². The van der Waals surface area contributed by atoms with E-state index in [-0.39, 0.29) is 0 Å². The maximum Gasteiger partial charge on any atom is 0.0597 e. The molecule has 0 amide bonds. The van der Waals surface area contributed by atoms with Crippen molar-refractivity contribution < 1.29 is 0 Å². The standard InChI is InChI=1S/C15H25ClN2/c1-5-7-8-13(6-2)17-14-11-12(16)9-10-15(14)18(3)4/h9-11,13,17H,5-8H2,1-4H3. The first kappa shape index (κ1) is 15.2. The third kappa shape index (κ3) is 4.41. The van der Waals surface area contributed by atoms with E-state index in [1.165, 1.54) is 24.9 Å². The van der Waals surface area contributed by atoms with Gasteiger partial charge in [-0.25, -0.2) is 0 Å². The molecule has 0 spiro atoms. The number of rotatable bonds is 7. The Kier molecular flexibility index (Phi) is 6.34. The molecule has 18 heavy (non-hydrogen) atoms. The largest absolute Gasteiger partial charge is 0.381 e. The lowest BCUT2D eigenvalue weighted by Crippen LogP contribution is -2.20. The molecule has 1 unspecified atom stereocenters. The molecule has 0 aliphatic carbocycles. The van der Waals surface area contributed by atoms with Crippen molar-refractivity contribution in [3.8, 4) is 0 Å². The highest BCUT2D eigenvalue weighted by Crippen LogP contribution is 2.29. The van der Waals surface area contributed by atoms with E-state index in [1.807, 2.05) is 12.1 Å². The van der Waals surface area contributed by atoms with Gasteiger partial charge in [-0.1, -0.05) is 38.3 Å². The maximum atomic E-state index is 6.09. The van der Waals surface area contributed by atoms with Crippen molar-refractivity contribution in [2.24, 2.45) is 0 Å². The van der Waals surface area contributed by atoms with Crippen molar-refractivity contribution in [3.63, 3.8) is 0 Å². The van der Waals surface area contributed by atoms with Crippen LogP contribution in [0.2, 0.25) is 5.02 Å². The van der Waals surface area contributed by atoms with Crippen LogP contribution in [0.25, 0.3) is 0 Å². The Hall–Kier alpha value is -0.890. The molecule has 0 aromatic heterocycles. The molecule has 2 nitrogen and oxygen atoms in total. The molecule has 0 fully saturated rings. The van der Waals surface area contributed by atoms with E-state index in [0.717, 1.165) is 17.1 Å². The first-order chi connectivity index (χ1) is 8.58. The van der Waals surface area contributed by atoms with Crippen molar-refractivity contribution in [2.75, 3.05) is 24.3 Å². The Bertz CT molecular complexity index is 364. The first-order valence-corrected chi connectivity index (χ1v) is 7.19. The van der Waals surface area contributed by atoms with E-state index in [9.17, 15) is 0 Å². The van der Waals surface area contributed by atoms with Gasteiger partial charge in [0, 0.05) is 25.2 Å². The molecule has 102 valence electrons. The number of halogens is 1. The normalized spacial score (nSPS) is 12.3.